The standard InChI is InChI=1S/C12H19NO3S/c14-10(15)8-12(5-3-6-12)13-11(16)9-4-1-2-7-17-9/h9H,1-8H2,(H,13,16)(H,14,15). The molecule has 1 heterocycles. The van der Waals surface area contributed by atoms with Gasteiger partial charge in [-0.3, -0.25) is 9.59 Å². The summed E-state index contributed by atoms with van der Waals surface area (Å²) in [5.41, 5.74) is -0.444. The zero-order valence-electron chi connectivity index (χ0n) is 9.91. The Morgan fingerprint density at radius 2 is 2.06 bits per heavy atom. The highest BCUT2D eigenvalue weighted by Crippen LogP contribution is 2.36. The second-order valence-corrected chi connectivity index (χ2v) is 6.36. The Kier molecular flexibility index (Phi) is 3.97. The Morgan fingerprint density at radius 3 is 2.53 bits per heavy atom. The Labute approximate surface area is 106 Å². The van der Waals surface area contributed by atoms with Crippen molar-refractivity contribution in [2.75, 3.05) is 5.75 Å². The van der Waals surface area contributed by atoms with Gasteiger partial charge in [-0.25, -0.2) is 0 Å². The summed E-state index contributed by atoms with van der Waals surface area (Å²) in [7, 11) is 0. The van der Waals surface area contributed by atoms with Crippen LogP contribution in [0, 0.1) is 0 Å². The van der Waals surface area contributed by atoms with Gasteiger partial charge in [0.05, 0.1) is 17.2 Å². The van der Waals surface area contributed by atoms with Crippen molar-refractivity contribution < 1.29 is 14.7 Å². The molecule has 1 atom stereocenters. The molecule has 1 saturated carbocycles. The smallest absolute Gasteiger partial charge is 0.305 e. The van der Waals surface area contributed by atoms with Crippen molar-refractivity contribution in [3.8, 4) is 0 Å². The fourth-order valence-corrected chi connectivity index (χ4v) is 3.73. The summed E-state index contributed by atoms with van der Waals surface area (Å²) >= 11 is 1.71. The maximum absolute atomic E-state index is 12.1. The number of carbonyl (C=O) groups is 2. The van der Waals surface area contributed by atoms with Crippen LogP contribution < -0.4 is 5.32 Å². The summed E-state index contributed by atoms with van der Waals surface area (Å²) in [4.78, 5) is 22.9. The van der Waals surface area contributed by atoms with Crippen LogP contribution in [0.1, 0.15) is 44.9 Å². The van der Waals surface area contributed by atoms with Crippen LogP contribution in [0.4, 0.5) is 0 Å². The normalized spacial score (nSPS) is 26.9. The van der Waals surface area contributed by atoms with Gasteiger partial charge in [-0.05, 0) is 37.9 Å². The van der Waals surface area contributed by atoms with E-state index in [4.69, 9.17) is 5.11 Å². The molecule has 1 aliphatic carbocycles. The Morgan fingerprint density at radius 1 is 1.29 bits per heavy atom. The van der Waals surface area contributed by atoms with Crippen LogP contribution >= 0.6 is 11.8 Å². The minimum absolute atomic E-state index is 0.0371. The van der Waals surface area contributed by atoms with Crippen molar-refractivity contribution in [3.05, 3.63) is 0 Å². The van der Waals surface area contributed by atoms with Crippen molar-refractivity contribution in [1.29, 1.82) is 0 Å². The minimum Gasteiger partial charge on any atom is -0.481 e. The number of hydrogen-bond acceptors (Lipinski definition) is 3. The predicted octanol–water partition coefficient (Wildman–Crippen LogP) is 1.79. The highest BCUT2D eigenvalue weighted by Gasteiger charge is 2.41. The van der Waals surface area contributed by atoms with Crippen LogP contribution in [-0.4, -0.2) is 33.5 Å². The van der Waals surface area contributed by atoms with Crippen molar-refractivity contribution in [2.45, 2.75) is 55.7 Å². The van der Waals surface area contributed by atoms with E-state index in [0.717, 1.165) is 37.9 Å². The molecule has 17 heavy (non-hydrogen) atoms. The Balaban J connectivity index is 1.89. The van der Waals surface area contributed by atoms with Crippen LogP contribution in [-0.2, 0) is 9.59 Å². The van der Waals surface area contributed by atoms with Crippen molar-refractivity contribution in [3.63, 3.8) is 0 Å². The van der Waals surface area contributed by atoms with E-state index < -0.39 is 11.5 Å². The van der Waals surface area contributed by atoms with Gasteiger partial charge in [0, 0.05) is 0 Å². The number of carbonyl (C=O) groups excluding carboxylic acids is 1. The van der Waals surface area contributed by atoms with E-state index in [1.54, 1.807) is 11.8 Å². The first-order valence-electron chi connectivity index (χ1n) is 6.27. The van der Waals surface area contributed by atoms with Crippen molar-refractivity contribution in [1.82, 2.24) is 5.32 Å². The molecule has 0 aromatic carbocycles. The monoisotopic (exact) mass is 257 g/mol. The van der Waals surface area contributed by atoms with E-state index in [9.17, 15) is 9.59 Å². The second-order valence-electron chi connectivity index (χ2n) is 5.05. The van der Waals surface area contributed by atoms with Gasteiger partial charge in [-0.2, -0.15) is 0 Å². The van der Waals surface area contributed by atoms with Gasteiger partial charge in [0.2, 0.25) is 5.91 Å². The summed E-state index contributed by atoms with van der Waals surface area (Å²) < 4.78 is 0. The van der Waals surface area contributed by atoms with E-state index in [-0.39, 0.29) is 17.6 Å². The van der Waals surface area contributed by atoms with Gasteiger partial charge >= 0.3 is 5.97 Å². The van der Waals surface area contributed by atoms with Gasteiger partial charge in [0.1, 0.15) is 0 Å². The van der Waals surface area contributed by atoms with Crippen LogP contribution in [0.3, 0.4) is 0 Å². The highest BCUT2D eigenvalue weighted by molar-refractivity contribution is 8.00. The zero-order chi connectivity index (χ0) is 12.3. The Hall–Kier alpha value is -0.710. The number of nitrogens with one attached hydrogen (secondary N) is 1. The van der Waals surface area contributed by atoms with Gasteiger partial charge in [-0.15, -0.1) is 11.8 Å². The lowest BCUT2D eigenvalue weighted by atomic mass is 9.74. The average molecular weight is 257 g/mol. The fraction of sp³-hybridized carbons (Fsp3) is 0.833. The first kappa shape index (κ1) is 12.7. The molecule has 2 aliphatic rings. The predicted molar refractivity (Wildman–Crippen MR) is 67.1 cm³/mol. The van der Waals surface area contributed by atoms with Crippen LogP contribution in [0.15, 0.2) is 0 Å². The number of amides is 1. The van der Waals surface area contributed by atoms with Crippen LogP contribution in [0.5, 0.6) is 0 Å². The molecule has 1 unspecified atom stereocenters. The molecule has 1 aliphatic heterocycles. The van der Waals surface area contributed by atoms with Crippen LogP contribution in [0.25, 0.3) is 0 Å². The summed E-state index contributed by atoms with van der Waals surface area (Å²) in [5.74, 6) is 0.279. The first-order valence-corrected chi connectivity index (χ1v) is 7.32. The van der Waals surface area contributed by atoms with Crippen molar-refractivity contribution >= 4 is 23.6 Å². The zero-order valence-corrected chi connectivity index (χ0v) is 10.7. The van der Waals surface area contributed by atoms with E-state index in [2.05, 4.69) is 5.32 Å². The molecule has 96 valence electrons. The Bertz CT molecular complexity index is 309. The number of hydrogen-bond donors (Lipinski definition) is 2. The molecular formula is C12H19NO3S. The maximum Gasteiger partial charge on any atom is 0.305 e. The second kappa shape index (κ2) is 5.29. The van der Waals surface area contributed by atoms with Crippen LogP contribution in [0.2, 0.25) is 0 Å². The molecule has 0 aromatic rings. The molecule has 0 spiro atoms. The number of thioether (sulfide) groups is 1. The molecule has 2 N–H and O–H groups in total. The van der Waals surface area contributed by atoms with Gasteiger partial charge in [0.25, 0.3) is 0 Å². The van der Waals surface area contributed by atoms with E-state index in [1.165, 1.54) is 6.42 Å². The summed E-state index contributed by atoms with van der Waals surface area (Å²) in [6, 6.07) is 0. The quantitative estimate of drug-likeness (QED) is 0.805. The van der Waals surface area contributed by atoms with E-state index in [1.807, 2.05) is 0 Å². The molecule has 1 saturated heterocycles. The third-order valence-corrected chi connectivity index (χ3v) is 5.04. The molecule has 2 fully saturated rings. The van der Waals surface area contributed by atoms with Crippen molar-refractivity contribution in [2.24, 2.45) is 0 Å². The van der Waals surface area contributed by atoms with Gasteiger partial charge in [0.15, 0.2) is 0 Å². The highest BCUT2D eigenvalue weighted by atomic mass is 32.2. The third kappa shape index (κ3) is 3.15. The molecule has 0 bridgehead atoms. The van der Waals surface area contributed by atoms with E-state index in [0.29, 0.717) is 0 Å². The lowest BCUT2D eigenvalue weighted by molar-refractivity contribution is -0.140. The molecule has 5 heteroatoms. The molecule has 0 radical (unpaired) electrons. The summed E-state index contributed by atoms with van der Waals surface area (Å²) in [6.07, 6.45) is 5.93. The van der Waals surface area contributed by atoms with Gasteiger partial charge in [-0.1, -0.05) is 6.42 Å². The molecule has 4 nitrogen and oxygen atoms in total. The number of carboxylic acids is 1. The molecule has 0 aromatic heterocycles. The van der Waals surface area contributed by atoms with E-state index >= 15 is 0 Å². The molecule has 2 rings (SSSR count). The lowest BCUT2D eigenvalue weighted by Crippen LogP contribution is -2.56. The average Bonchev–Trinajstić information content (AvgIpc) is 2.26. The lowest BCUT2D eigenvalue weighted by Gasteiger charge is -2.42. The molecular weight excluding hydrogens is 238 g/mol. The number of rotatable bonds is 4. The fourth-order valence-electron chi connectivity index (χ4n) is 2.53. The summed E-state index contributed by atoms with van der Waals surface area (Å²) in [6.45, 7) is 0. The molecule has 1 amide bonds. The first-order chi connectivity index (χ1) is 8.11. The van der Waals surface area contributed by atoms with Gasteiger partial charge < -0.3 is 10.4 Å². The number of carboxylic acid groups (broad SMARTS) is 1. The topological polar surface area (TPSA) is 66.4 Å². The minimum atomic E-state index is -0.818. The summed E-state index contributed by atoms with van der Waals surface area (Å²) in [5, 5.41) is 11.9. The largest absolute Gasteiger partial charge is 0.481 e. The maximum atomic E-state index is 12.1. The number of aliphatic carboxylic acids is 1. The SMILES string of the molecule is O=C(O)CC1(NC(=O)C2CCCCS2)CCC1. The third-order valence-electron chi connectivity index (χ3n) is 3.66.